The van der Waals surface area contributed by atoms with E-state index in [2.05, 4.69) is 15.7 Å². The Balaban J connectivity index is 1.47. The third-order valence-electron chi connectivity index (χ3n) is 4.15. The van der Waals surface area contributed by atoms with E-state index in [1.165, 1.54) is 0 Å². The van der Waals surface area contributed by atoms with Crippen molar-refractivity contribution in [1.29, 1.82) is 0 Å². The van der Waals surface area contributed by atoms with E-state index in [0.29, 0.717) is 24.2 Å². The summed E-state index contributed by atoms with van der Waals surface area (Å²) >= 11 is 0. The molecule has 3 aromatic rings. The Morgan fingerprint density at radius 3 is 2.40 bits per heavy atom. The number of rotatable bonds is 6. The highest BCUT2D eigenvalue weighted by Gasteiger charge is 2.16. The first-order valence-electron chi connectivity index (χ1n) is 9.77. The summed E-state index contributed by atoms with van der Waals surface area (Å²) in [5, 5.41) is 9.90. The molecule has 1 aromatic heterocycles. The maximum Gasteiger partial charge on any atom is 0.412 e. The quantitative estimate of drug-likeness (QED) is 0.643. The van der Waals surface area contributed by atoms with Crippen molar-refractivity contribution < 1.29 is 14.3 Å². The van der Waals surface area contributed by atoms with Crippen LogP contribution in [0.1, 0.15) is 36.7 Å². The molecule has 30 heavy (non-hydrogen) atoms. The number of ether oxygens (including phenoxy) is 1. The molecule has 3 rings (SSSR count). The number of anilines is 1. The summed E-state index contributed by atoms with van der Waals surface area (Å²) in [4.78, 5) is 24.1. The second-order valence-electron chi connectivity index (χ2n) is 7.84. The number of amides is 2. The van der Waals surface area contributed by atoms with Gasteiger partial charge in [0, 0.05) is 24.0 Å². The number of carbonyl (C=O) groups excluding carboxylic acids is 2. The maximum atomic E-state index is 12.3. The van der Waals surface area contributed by atoms with Crippen LogP contribution in [-0.2, 0) is 11.2 Å². The third kappa shape index (κ3) is 6.20. The molecule has 0 aliphatic rings. The van der Waals surface area contributed by atoms with Gasteiger partial charge in [0.25, 0.3) is 5.91 Å². The van der Waals surface area contributed by atoms with Crippen LogP contribution in [0.4, 0.5) is 10.5 Å². The van der Waals surface area contributed by atoms with Gasteiger partial charge in [-0.15, -0.1) is 0 Å². The minimum Gasteiger partial charge on any atom is -0.444 e. The van der Waals surface area contributed by atoms with Crippen molar-refractivity contribution in [2.24, 2.45) is 0 Å². The predicted molar refractivity (Wildman–Crippen MR) is 116 cm³/mol. The summed E-state index contributed by atoms with van der Waals surface area (Å²) in [7, 11) is 0. The van der Waals surface area contributed by atoms with Gasteiger partial charge in [-0.25, -0.2) is 9.48 Å². The van der Waals surface area contributed by atoms with E-state index >= 15 is 0 Å². The Morgan fingerprint density at radius 1 is 1.03 bits per heavy atom. The molecule has 0 fully saturated rings. The van der Waals surface area contributed by atoms with Gasteiger partial charge in [-0.3, -0.25) is 10.1 Å². The van der Waals surface area contributed by atoms with Gasteiger partial charge in [0.05, 0.1) is 11.9 Å². The topological polar surface area (TPSA) is 85.2 Å². The number of benzene rings is 2. The van der Waals surface area contributed by atoms with Gasteiger partial charge in [0.1, 0.15) is 5.60 Å². The molecule has 0 unspecified atom stereocenters. The number of hydrogen-bond acceptors (Lipinski definition) is 4. The van der Waals surface area contributed by atoms with Crippen molar-refractivity contribution in [1.82, 2.24) is 15.1 Å². The Kier molecular flexibility index (Phi) is 6.51. The molecule has 156 valence electrons. The van der Waals surface area contributed by atoms with E-state index in [4.69, 9.17) is 4.74 Å². The van der Waals surface area contributed by atoms with E-state index in [1.54, 1.807) is 51.2 Å². The summed E-state index contributed by atoms with van der Waals surface area (Å²) < 4.78 is 7.02. The van der Waals surface area contributed by atoms with Crippen LogP contribution in [0.15, 0.2) is 67.0 Å². The lowest BCUT2D eigenvalue weighted by molar-refractivity contribution is 0.0635. The van der Waals surface area contributed by atoms with Gasteiger partial charge in [-0.05, 0) is 69.2 Å². The van der Waals surface area contributed by atoms with Crippen molar-refractivity contribution in [3.63, 3.8) is 0 Å². The highest BCUT2D eigenvalue weighted by molar-refractivity contribution is 5.95. The van der Waals surface area contributed by atoms with Gasteiger partial charge in [-0.2, -0.15) is 5.10 Å². The normalized spacial score (nSPS) is 11.0. The molecule has 7 heteroatoms. The monoisotopic (exact) mass is 406 g/mol. The fourth-order valence-electron chi connectivity index (χ4n) is 2.76. The molecule has 0 spiro atoms. The number of nitrogens with one attached hydrogen (secondary N) is 2. The number of hydrogen-bond donors (Lipinski definition) is 2. The molecule has 0 saturated heterocycles. The highest BCUT2D eigenvalue weighted by Crippen LogP contribution is 2.13. The second-order valence-corrected chi connectivity index (χ2v) is 7.84. The third-order valence-corrected chi connectivity index (χ3v) is 4.15. The average Bonchev–Trinajstić information content (AvgIpc) is 3.16. The molecule has 0 aliphatic heterocycles. The minimum absolute atomic E-state index is 0.172. The van der Waals surface area contributed by atoms with E-state index in [9.17, 15) is 9.59 Å². The van der Waals surface area contributed by atoms with Crippen LogP contribution in [0.3, 0.4) is 0 Å². The molecule has 7 nitrogen and oxygen atoms in total. The van der Waals surface area contributed by atoms with Crippen molar-refractivity contribution >= 4 is 17.7 Å². The zero-order valence-corrected chi connectivity index (χ0v) is 17.4. The smallest absolute Gasteiger partial charge is 0.412 e. The van der Waals surface area contributed by atoms with Crippen LogP contribution < -0.4 is 10.6 Å². The molecule has 2 N–H and O–H groups in total. The lowest BCUT2D eigenvalue weighted by Crippen LogP contribution is -2.27. The Labute approximate surface area is 176 Å². The summed E-state index contributed by atoms with van der Waals surface area (Å²) in [5.41, 5.74) is 2.55. The summed E-state index contributed by atoms with van der Waals surface area (Å²) in [6.45, 7) is 5.89. The zero-order chi connectivity index (χ0) is 21.6. The fourth-order valence-corrected chi connectivity index (χ4v) is 2.76. The first-order chi connectivity index (χ1) is 14.3. The number of para-hydroxylation sites is 1. The van der Waals surface area contributed by atoms with Crippen molar-refractivity contribution in [2.75, 3.05) is 11.9 Å². The lowest BCUT2D eigenvalue weighted by Gasteiger charge is -2.19. The number of aromatic nitrogens is 2. The van der Waals surface area contributed by atoms with Crippen molar-refractivity contribution in [2.45, 2.75) is 32.8 Å². The van der Waals surface area contributed by atoms with Gasteiger partial charge in [0.2, 0.25) is 0 Å². The summed E-state index contributed by atoms with van der Waals surface area (Å²) in [5.74, 6) is -0.172. The van der Waals surface area contributed by atoms with Crippen molar-refractivity contribution in [3.05, 3.63) is 78.1 Å². The van der Waals surface area contributed by atoms with Gasteiger partial charge in [0.15, 0.2) is 0 Å². The highest BCUT2D eigenvalue weighted by atomic mass is 16.6. The molecule has 0 radical (unpaired) electrons. The molecule has 0 aliphatic carbocycles. The van der Waals surface area contributed by atoms with E-state index in [1.807, 2.05) is 41.2 Å². The van der Waals surface area contributed by atoms with Gasteiger partial charge >= 0.3 is 6.09 Å². The molecule has 0 bridgehead atoms. The lowest BCUT2D eigenvalue weighted by atomic mass is 10.2. The SMILES string of the molecule is CC(C)(C)OC(=O)Nc1ccc(C(=O)NCCc2cnn(-c3ccccc3)c2)cc1. The van der Waals surface area contributed by atoms with Crippen LogP contribution in [-0.4, -0.2) is 33.9 Å². The Morgan fingerprint density at radius 2 is 1.73 bits per heavy atom. The Hall–Kier alpha value is -3.61. The summed E-state index contributed by atoms with van der Waals surface area (Å²) in [6, 6.07) is 16.5. The van der Waals surface area contributed by atoms with Crippen LogP contribution in [0.25, 0.3) is 5.69 Å². The van der Waals surface area contributed by atoms with Gasteiger partial charge < -0.3 is 10.1 Å². The second kappa shape index (κ2) is 9.26. The zero-order valence-electron chi connectivity index (χ0n) is 17.4. The predicted octanol–water partition coefficient (Wildman–Crippen LogP) is 4.19. The van der Waals surface area contributed by atoms with Crippen LogP contribution >= 0.6 is 0 Å². The van der Waals surface area contributed by atoms with Gasteiger partial charge in [-0.1, -0.05) is 18.2 Å². The van der Waals surface area contributed by atoms with Crippen molar-refractivity contribution in [3.8, 4) is 5.69 Å². The molecule has 0 saturated carbocycles. The average molecular weight is 406 g/mol. The molecule has 2 amide bonds. The van der Waals surface area contributed by atoms with Crippen LogP contribution in [0, 0.1) is 0 Å². The first-order valence-corrected chi connectivity index (χ1v) is 9.77. The largest absolute Gasteiger partial charge is 0.444 e. The molecule has 1 heterocycles. The fraction of sp³-hybridized carbons (Fsp3) is 0.261. The van der Waals surface area contributed by atoms with E-state index in [0.717, 1.165) is 11.3 Å². The Bertz CT molecular complexity index is 989. The summed E-state index contributed by atoms with van der Waals surface area (Å²) in [6.07, 6.45) is 3.90. The number of carbonyl (C=O) groups is 2. The van der Waals surface area contributed by atoms with E-state index in [-0.39, 0.29) is 5.91 Å². The minimum atomic E-state index is -0.568. The van der Waals surface area contributed by atoms with E-state index < -0.39 is 11.7 Å². The molecule has 0 atom stereocenters. The number of nitrogens with zero attached hydrogens (tertiary/aromatic N) is 2. The first kappa shape index (κ1) is 21.1. The van der Waals surface area contributed by atoms with Crippen LogP contribution in [0.2, 0.25) is 0 Å². The maximum absolute atomic E-state index is 12.3. The standard InChI is InChI=1S/C23H26N4O3/c1-23(2,3)30-22(29)26-19-11-9-18(10-12-19)21(28)24-14-13-17-15-25-27(16-17)20-7-5-4-6-8-20/h4-12,15-16H,13-14H2,1-3H3,(H,24,28)(H,26,29). The molecular formula is C23H26N4O3. The molecular weight excluding hydrogens is 380 g/mol. The van der Waals surface area contributed by atoms with Crippen LogP contribution in [0.5, 0.6) is 0 Å². The molecule has 2 aromatic carbocycles.